The number of carbonyl (C=O) groups excluding carboxylic acids is 1. The quantitative estimate of drug-likeness (QED) is 0.297. The second-order valence-corrected chi connectivity index (χ2v) is 9.23. The van der Waals surface area contributed by atoms with Gasteiger partial charge in [-0.15, -0.1) is 0 Å². The van der Waals surface area contributed by atoms with E-state index in [1.54, 1.807) is 41.2 Å². The summed E-state index contributed by atoms with van der Waals surface area (Å²) in [5.74, 6) is -0.303. The predicted molar refractivity (Wildman–Crippen MR) is 132 cm³/mol. The fourth-order valence-corrected chi connectivity index (χ4v) is 4.53. The molecule has 0 radical (unpaired) electrons. The number of thioether (sulfide) groups is 1. The van der Waals surface area contributed by atoms with Crippen molar-refractivity contribution >= 4 is 28.6 Å². The predicted octanol–water partition coefficient (Wildman–Crippen LogP) is 4.58. The Morgan fingerprint density at radius 1 is 1.06 bits per heavy atom. The molecular weight excluding hydrogens is 451 g/mol. The summed E-state index contributed by atoms with van der Waals surface area (Å²) in [5, 5.41) is 4.04. The van der Waals surface area contributed by atoms with Crippen molar-refractivity contribution in [2.45, 2.75) is 31.6 Å². The third-order valence-corrected chi connectivity index (χ3v) is 6.44. The molecule has 1 atom stereocenters. The lowest BCUT2D eigenvalue weighted by atomic mass is 9.96. The van der Waals surface area contributed by atoms with E-state index in [-0.39, 0.29) is 35.0 Å². The Balaban J connectivity index is 1.57. The topological polar surface area (TPSA) is 76.9 Å². The molecule has 0 saturated carbocycles. The molecule has 0 aliphatic carbocycles. The maximum Gasteiger partial charge on any atom is 0.262 e. The van der Waals surface area contributed by atoms with Crippen LogP contribution in [-0.2, 0) is 11.3 Å². The van der Waals surface area contributed by atoms with Gasteiger partial charge >= 0.3 is 0 Å². The Labute approximate surface area is 201 Å². The summed E-state index contributed by atoms with van der Waals surface area (Å²) in [6.07, 6.45) is 3.35. The minimum atomic E-state index is -0.317. The molecule has 0 bridgehead atoms. The summed E-state index contributed by atoms with van der Waals surface area (Å²) >= 11 is 1.22. The number of hydrogen-bond donors (Lipinski definition) is 1. The van der Waals surface area contributed by atoms with Crippen molar-refractivity contribution in [1.82, 2.24) is 19.9 Å². The van der Waals surface area contributed by atoms with Crippen LogP contribution in [0.5, 0.6) is 0 Å². The summed E-state index contributed by atoms with van der Waals surface area (Å²) < 4.78 is 14.9. The van der Waals surface area contributed by atoms with Gasteiger partial charge in [-0.05, 0) is 53.4 Å². The molecule has 0 unspecified atom stereocenters. The van der Waals surface area contributed by atoms with E-state index < -0.39 is 0 Å². The molecule has 1 amide bonds. The highest BCUT2D eigenvalue weighted by Gasteiger charge is 2.20. The highest BCUT2D eigenvalue weighted by molar-refractivity contribution is 7.99. The molecule has 2 aromatic heterocycles. The van der Waals surface area contributed by atoms with Gasteiger partial charge < -0.3 is 5.32 Å². The van der Waals surface area contributed by atoms with Gasteiger partial charge in [0.05, 0.1) is 29.2 Å². The molecule has 0 aliphatic heterocycles. The Bertz CT molecular complexity index is 1340. The third-order valence-electron chi connectivity index (χ3n) is 5.46. The summed E-state index contributed by atoms with van der Waals surface area (Å²) in [5.41, 5.74) is 2.19. The van der Waals surface area contributed by atoms with Crippen molar-refractivity contribution in [1.29, 1.82) is 0 Å². The lowest BCUT2D eigenvalue weighted by molar-refractivity contribution is -0.119. The van der Waals surface area contributed by atoms with E-state index >= 15 is 0 Å². The van der Waals surface area contributed by atoms with Gasteiger partial charge in [0.25, 0.3) is 5.56 Å². The number of amides is 1. The normalized spacial score (nSPS) is 12.1. The second-order valence-electron chi connectivity index (χ2n) is 8.29. The number of fused-ring (bicyclic) bond motifs is 1. The van der Waals surface area contributed by atoms with Gasteiger partial charge in [-0.25, -0.2) is 9.37 Å². The Morgan fingerprint density at radius 3 is 2.47 bits per heavy atom. The smallest absolute Gasteiger partial charge is 0.262 e. The minimum Gasteiger partial charge on any atom is -0.348 e. The zero-order valence-corrected chi connectivity index (χ0v) is 19.8. The van der Waals surface area contributed by atoms with E-state index in [1.807, 2.05) is 38.1 Å². The number of benzene rings is 2. The monoisotopic (exact) mass is 476 g/mol. The van der Waals surface area contributed by atoms with Gasteiger partial charge in [0.2, 0.25) is 5.91 Å². The molecule has 2 heterocycles. The minimum absolute atomic E-state index is 0.0888. The first-order valence-electron chi connectivity index (χ1n) is 11.0. The van der Waals surface area contributed by atoms with Gasteiger partial charge in [0, 0.05) is 12.4 Å². The summed E-state index contributed by atoms with van der Waals surface area (Å²) in [4.78, 5) is 34.8. The number of nitrogens with one attached hydrogen (secondary N) is 1. The molecule has 4 rings (SSSR count). The van der Waals surface area contributed by atoms with E-state index in [2.05, 4.69) is 15.3 Å². The number of halogens is 1. The summed E-state index contributed by atoms with van der Waals surface area (Å²) in [7, 11) is 0. The number of nitrogens with zero attached hydrogens (tertiary/aromatic N) is 3. The van der Waals surface area contributed by atoms with Crippen LogP contribution >= 0.6 is 11.8 Å². The molecule has 2 aromatic carbocycles. The Hall–Kier alpha value is -3.52. The molecule has 6 nitrogen and oxygen atoms in total. The molecule has 8 heteroatoms. The lowest BCUT2D eigenvalue weighted by Gasteiger charge is -2.23. The fourth-order valence-electron chi connectivity index (χ4n) is 3.72. The molecule has 0 saturated heterocycles. The van der Waals surface area contributed by atoms with Gasteiger partial charge in [-0.2, -0.15) is 0 Å². The molecule has 0 spiro atoms. The molecular formula is C26H25FN4O2S. The number of pyridine rings is 1. The van der Waals surface area contributed by atoms with Crippen LogP contribution < -0.4 is 10.9 Å². The van der Waals surface area contributed by atoms with Crippen LogP contribution in [0.2, 0.25) is 0 Å². The number of aromatic nitrogens is 3. The molecule has 4 aromatic rings. The lowest BCUT2D eigenvalue weighted by Crippen LogP contribution is -2.33. The maximum atomic E-state index is 13.3. The largest absolute Gasteiger partial charge is 0.348 e. The fraction of sp³-hybridized carbons (Fsp3) is 0.231. The van der Waals surface area contributed by atoms with Crippen molar-refractivity contribution in [3.8, 4) is 0 Å². The van der Waals surface area contributed by atoms with Crippen molar-refractivity contribution in [3.63, 3.8) is 0 Å². The van der Waals surface area contributed by atoms with E-state index in [0.29, 0.717) is 22.6 Å². The Morgan fingerprint density at radius 2 is 1.76 bits per heavy atom. The van der Waals surface area contributed by atoms with E-state index in [4.69, 9.17) is 0 Å². The van der Waals surface area contributed by atoms with E-state index in [0.717, 1.165) is 11.1 Å². The first-order valence-corrected chi connectivity index (χ1v) is 12.0. The number of rotatable bonds is 8. The zero-order chi connectivity index (χ0) is 24.1. The van der Waals surface area contributed by atoms with Crippen LogP contribution in [-0.4, -0.2) is 26.2 Å². The van der Waals surface area contributed by atoms with E-state index in [9.17, 15) is 14.0 Å². The van der Waals surface area contributed by atoms with Gasteiger partial charge in [-0.3, -0.25) is 19.1 Å². The Kier molecular flexibility index (Phi) is 7.37. The van der Waals surface area contributed by atoms with Crippen molar-refractivity contribution < 1.29 is 9.18 Å². The first-order chi connectivity index (χ1) is 16.4. The van der Waals surface area contributed by atoms with Crippen LogP contribution in [0.3, 0.4) is 0 Å². The second kappa shape index (κ2) is 10.6. The van der Waals surface area contributed by atoms with Crippen LogP contribution in [0.1, 0.15) is 31.0 Å². The number of para-hydroxylation sites is 1. The summed E-state index contributed by atoms with van der Waals surface area (Å²) in [6.45, 7) is 4.32. The molecule has 0 aliphatic rings. The highest BCUT2D eigenvalue weighted by Crippen LogP contribution is 2.23. The summed E-state index contributed by atoms with van der Waals surface area (Å²) in [6, 6.07) is 16.8. The van der Waals surface area contributed by atoms with E-state index in [1.165, 1.54) is 23.9 Å². The average molecular weight is 477 g/mol. The standard InChI is InChI=1S/C26H25FN4O2S/c1-17(2)24(19-7-9-20(27)10-8-19)30-23(32)16-34-26-29-22-6-4-3-5-21(22)25(33)31(26)15-18-11-13-28-14-12-18/h3-14,17,24H,15-16H2,1-2H3,(H,30,32)/t24-/m0/s1. The zero-order valence-electron chi connectivity index (χ0n) is 18.9. The average Bonchev–Trinajstić information content (AvgIpc) is 2.84. The molecule has 174 valence electrons. The highest BCUT2D eigenvalue weighted by atomic mass is 32.2. The van der Waals surface area contributed by atoms with Gasteiger partial charge in [0.15, 0.2) is 5.16 Å². The number of carbonyl (C=O) groups is 1. The maximum absolute atomic E-state index is 13.3. The van der Waals surface area contributed by atoms with Crippen LogP contribution in [0.4, 0.5) is 4.39 Å². The third kappa shape index (κ3) is 5.51. The van der Waals surface area contributed by atoms with Crippen molar-refractivity contribution in [3.05, 3.63) is 100 Å². The molecule has 0 fully saturated rings. The SMILES string of the molecule is CC(C)[C@H](NC(=O)CSc1nc2ccccc2c(=O)n1Cc1ccncc1)c1ccc(F)cc1. The molecule has 34 heavy (non-hydrogen) atoms. The van der Waals surface area contributed by atoms with Crippen LogP contribution in [0, 0.1) is 11.7 Å². The van der Waals surface area contributed by atoms with Crippen molar-refractivity contribution in [2.24, 2.45) is 5.92 Å². The number of hydrogen-bond acceptors (Lipinski definition) is 5. The van der Waals surface area contributed by atoms with Crippen molar-refractivity contribution in [2.75, 3.05) is 5.75 Å². The first kappa shape index (κ1) is 23.6. The molecule has 1 N–H and O–H groups in total. The van der Waals surface area contributed by atoms with Gasteiger partial charge in [0.1, 0.15) is 5.82 Å². The van der Waals surface area contributed by atoms with Crippen LogP contribution in [0.15, 0.2) is 83.0 Å². The van der Waals surface area contributed by atoms with Gasteiger partial charge in [-0.1, -0.05) is 49.9 Å². The van der Waals surface area contributed by atoms with Crippen LogP contribution in [0.25, 0.3) is 10.9 Å².